The van der Waals surface area contributed by atoms with Crippen LogP contribution in [0.15, 0.2) is 59.4 Å². The highest BCUT2D eigenvalue weighted by molar-refractivity contribution is 7.91. The molecule has 15 heteroatoms. The van der Waals surface area contributed by atoms with Crippen molar-refractivity contribution in [2.45, 2.75) is 74.3 Å². The van der Waals surface area contributed by atoms with Crippen LogP contribution in [0.3, 0.4) is 0 Å². The molecule has 13 nitrogen and oxygen atoms in total. The third-order valence-corrected chi connectivity index (χ3v) is 10.9. The summed E-state index contributed by atoms with van der Waals surface area (Å²) < 4.78 is 42.8. The number of rotatable bonds is 8. The predicted octanol–water partition coefficient (Wildman–Crippen LogP) is 6.82. The molecule has 4 aromatic rings. The molecule has 53 heavy (non-hydrogen) atoms. The number of nitrogens with two attached hydrogens (primary N) is 1. The van der Waals surface area contributed by atoms with Crippen LogP contribution in [0.1, 0.15) is 88.9 Å². The number of nitrogens with one attached hydrogen (secondary N) is 3. The summed E-state index contributed by atoms with van der Waals surface area (Å²) in [4.78, 5) is 58.0. The minimum absolute atomic E-state index is 0.00524. The zero-order valence-electron chi connectivity index (χ0n) is 31.0. The zero-order chi connectivity index (χ0) is 39.2. The number of esters is 2. The Balaban J connectivity index is 1.73. The summed E-state index contributed by atoms with van der Waals surface area (Å²) in [5.41, 5.74) is 3.87. The maximum atomic E-state index is 14.8. The first-order valence-electron chi connectivity index (χ1n) is 17.2. The van der Waals surface area contributed by atoms with E-state index in [-0.39, 0.29) is 45.1 Å². The Morgan fingerprint density at radius 2 is 1.49 bits per heavy atom. The number of hydrogen-bond acceptors (Lipinski definition) is 9. The van der Waals surface area contributed by atoms with Gasteiger partial charge >= 0.3 is 22.1 Å². The van der Waals surface area contributed by atoms with Gasteiger partial charge in [-0.25, -0.2) is 13.9 Å². The second-order valence-electron chi connectivity index (χ2n) is 15.9. The zero-order valence-corrected chi connectivity index (χ0v) is 32.6. The molecule has 0 bridgehead atoms. The molecule has 0 radical (unpaired) electrons. The Labute approximate surface area is 313 Å². The second kappa shape index (κ2) is 14.5. The second-order valence-corrected chi connectivity index (χ2v) is 17.7. The molecule has 2 aromatic heterocycles. The van der Waals surface area contributed by atoms with Crippen molar-refractivity contribution in [3.05, 3.63) is 81.1 Å². The van der Waals surface area contributed by atoms with Gasteiger partial charge in [0.05, 0.1) is 11.3 Å². The topological polar surface area (TPSA) is 191 Å². The van der Waals surface area contributed by atoms with Crippen LogP contribution < -0.4 is 25.5 Å². The number of ether oxygens (including phenoxy) is 2. The minimum atomic E-state index is -4.56. The number of carbonyl (C=O) groups is 3. The Bertz CT molecular complexity index is 2200. The number of anilines is 2. The van der Waals surface area contributed by atoms with Crippen molar-refractivity contribution >= 4 is 56.8 Å². The summed E-state index contributed by atoms with van der Waals surface area (Å²) in [6, 6.07) is 14.0. The first-order valence-corrected chi connectivity index (χ1v) is 19.1. The summed E-state index contributed by atoms with van der Waals surface area (Å²) in [6.45, 7) is 16.0. The van der Waals surface area contributed by atoms with Crippen LogP contribution in [0.5, 0.6) is 5.88 Å². The Hall–Kier alpha value is -4.82. The molecule has 2 aromatic carbocycles. The molecule has 5 N–H and O–H groups in total. The van der Waals surface area contributed by atoms with E-state index >= 15 is 0 Å². The van der Waals surface area contributed by atoms with Crippen LogP contribution in [-0.2, 0) is 19.7 Å². The summed E-state index contributed by atoms with van der Waals surface area (Å²) in [7, 11) is -4.56. The average molecular weight is 768 g/mol. The van der Waals surface area contributed by atoms with Gasteiger partial charge in [-0.15, -0.1) is 0 Å². The third kappa shape index (κ3) is 8.38. The molecule has 0 aliphatic heterocycles. The van der Waals surface area contributed by atoms with E-state index in [4.69, 9.17) is 26.8 Å². The van der Waals surface area contributed by atoms with Gasteiger partial charge in [0.15, 0.2) is 0 Å². The molecule has 2 heterocycles. The first kappa shape index (κ1) is 39.4. The van der Waals surface area contributed by atoms with Crippen LogP contribution in [0.4, 0.5) is 11.5 Å². The molecule has 0 spiro atoms. The van der Waals surface area contributed by atoms with Gasteiger partial charge < -0.3 is 20.2 Å². The summed E-state index contributed by atoms with van der Waals surface area (Å²) in [5, 5.41) is 0.373. The lowest BCUT2D eigenvalue weighted by Crippen LogP contribution is -2.49. The van der Waals surface area contributed by atoms with Gasteiger partial charge in [-0.1, -0.05) is 90.4 Å². The quantitative estimate of drug-likeness (QED) is 0.139. The number of carbonyl (C=O) groups excluding carboxylic acids is 3. The van der Waals surface area contributed by atoms with E-state index in [1.54, 1.807) is 47.2 Å². The Morgan fingerprint density at radius 3 is 2.02 bits per heavy atom. The fourth-order valence-electron chi connectivity index (χ4n) is 7.23. The number of fused-ring (bicyclic) bond motifs is 1. The molecule has 1 amide bonds. The molecule has 5 rings (SSSR count). The maximum absolute atomic E-state index is 14.8. The summed E-state index contributed by atoms with van der Waals surface area (Å²) >= 11 is 6.21. The number of nitrogen functional groups attached to an aromatic ring is 1. The number of H-pyrrole nitrogens is 1. The minimum Gasteiger partial charge on any atom is -0.458 e. The number of halogens is 1. The molecule has 1 aliphatic carbocycles. The fourth-order valence-corrected chi connectivity index (χ4v) is 8.20. The van der Waals surface area contributed by atoms with E-state index in [1.807, 2.05) is 0 Å². The molecule has 1 fully saturated rings. The van der Waals surface area contributed by atoms with Gasteiger partial charge in [0.1, 0.15) is 28.7 Å². The lowest BCUT2D eigenvalue weighted by molar-refractivity contribution is -0.132. The monoisotopic (exact) mass is 767 g/mol. The van der Waals surface area contributed by atoms with E-state index in [2.05, 4.69) is 58.2 Å². The molecule has 1 saturated carbocycles. The van der Waals surface area contributed by atoms with Crippen molar-refractivity contribution in [3.8, 4) is 17.0 Å². The van der Waals surface area contributed by atoms with Crippen LogP contribution in [0, 0.1) is 28.6 Å². The Kier molecular flexibility index (Phi) is 10.8. The van der Waals surface area contributed by atoms with Crippen molar-refractivity contribution in [1.82, 2.24) is 14.1 Å². The summed E-state index contributed by atoms with van der Waals surface area (Å²) in [5.74, 6) is -3.72. The highest BCUT2D eigenvalue weighted by Gasteiger charge is 2.48. The molecular weight excluding hydrogens is 722 g/mol. The number of aromatic nitrogens is 2. The number of benzene rings is 2. The van der Waals surface area contributed by atoms with E-state index < -0.39 is 57.0 Å². The van der Waals surface area contributed by atoms with Crippen molar-refractivity contribution in [2.24, 2.45) is 28.6 Å². The highest BCUT2D eigenvalue weighted by Crippen LogP contribution is 2.50. The standard InChI is InChI=1S/C38H46ClN5O8S/c1-20-18-25(37(3,4)5)30(26(19-20)38(6,7)8)52-36(48)28-27(22-14-16-23(39)17-15-22)35(51-21(2)45)44-32(28)41-31(40)29(34(44)47)33(46)43-53(49,50)42-24-12-10-9-11-13-24/h9-17,20,25-26,30,41-42H,18-19,40H2,1-8H3,(H,43,46). The molecule has 2 atom stereocenters. The fraction of sp³-hybridized carbons (Fsp3) is 0.421. The average Bonchev–Trinajstić information content (AvgIpc) is 3.34. The van der Waals surface area contributed by atoms with Crippen molar-refractivity contribution in [2.75, 3.05) is 10.5 Å². The van der Waals surface area contributed by atoms with Gasteiger partial charge in [-0.2, -0.15) is 8.42 Å². The normalized spacial score (nSPS) is 19.4. The van der Waals surface area contributed by atoms with E-state index in [0.29, 0.717) is 16.5 Å². The van der Waals surface area contributed by atoms with Crippen LogP contribution in [0.25, 0.3) is 16.8 Å². The summed E-state index contributed by atoms with van der Waals surface area (Å²) in [6.07, 6.45) is 1.09. The first-order chi connectivity index (χ1) is 24.6. The molecule has 0 saturated heterocycles. The van der Waals surface area contributed by atoms with Crippen LogP contribution in [-0.4, -0.2) is 41.8 Å². The van der Waals surface area contributed by atoms with Crippen molar-refractivity contribution in [3.63, 3.8) is 0 Å². The predicted molar refractivity (Wildman–Crippen MR) is 204 cm³/mol. The molecular formula is C38H46ClN5O8S. The van der Waals surface area contributed by atoms with Gasteiger partial charge in [-0.05, 0) is 59.4 Å². The number of nitrogens with zero attached hydrogens (tertiary/aromatic N) is 1. The van der Waals surface area contributed by atoms with Crippen molar-refractivity contribution < 1.29 is 32.3 Å². The number of hydrogen-bond donors (Lipinski definition) is 4. The Morgan fingerprint density at radius 1 is 0.925 bits per heavy atom. The lowest BCUT2D eigenvalue weighted by atomic mass is 9.59. The maximum Gasteiger partial charge on any atom is 0.343 e. The van der Waals surface area contributed by atoms with Crippen LogP contribution >= 0.6 is 11.6 Å². The van der Waals surface area contributed by atoms with E-state index in [9.17, 15) is 27.6 Å². The third-order valence-electron chi connectivity index (χ3n) is 9.70. The van der Waals surface area contributed by atoms with E-state index in [0.717, 1.165) is 24.2 Å². The van der Waals surface area contributed by atoms with Gasteiger partial charge in [0.25, 0.3) is 11.5 Å². The molecule has 1 aliphatic rings. The van der Waals surface area contributed by atoms with Gasteiger partial charge in [-0.3, -0.25) is 19.1 Å². The van der Waals surface area contributed by atoms with Crippen molar-refractivity contribution in [1.29, 1.82) is 0 Å². The molecule has 2 unspecified atom stereocenters. The molecule has 284 valence electrons. The number of amides is 1. The smallest absolute Gasteiger partial charge is 0.343 e. The number of aromatic amines is 1. The van der Waals surface area contributed by atoms with E-state index in [1.165, 1.54) is 12.1 Å². The largest absolute Gasteiger partial charge is 0.458 e. The number of para-hydroxylation sites is 1. The van der Waals surface area contributed by atoms with Crippen LogP contribution in [0.2, 0.25) is 5.02 Å². The highest BCUT2D eigenvalue weighted by atomic mass is 35.5. The van der Waals surface area contributed by atoms with Gasteiger partial charge in [0, 0.05) is 23.8 Å². The lowest BCUT2D eigenvalue weighted by Gasteiger charge is -2.50. The van der Waals surface area contributed by atoms with Gasteiger partial charge in [0.2, 0.25) is 5.88 Å². The SMILES string of the molecule is CC(=O)Oc1c(-c2ccc(Cl)cc2)c(C(=O)OC2C(C(C)(C)C)CC(C)CC2C(C)(C)C)c2[nH]c(N)c(C(=O)NS(=O)(=O)Nc3ccccc3)c(=O)n12.